The Hall–Kier alpha value is -1.01. The predicted octanol–water partition coefficient (Wildman–Crippen LogP) is 1.18. The first-order valence-electron chi connectivity index (χ1n) is 4.43. The maximum absolute atomic E-state index is 11.7. The van der Waals surface area contributed by atoms with E-state index in [4.69, 9.17) is 0 Å². The van der Waals surface area contributed by atoms with E-state index in [1.807, 2.05) is 0 Å². The van der Waals surface area contributed by atoms with Crippen LogP contribution in [0.4, 0.5) is 5.82 Å². The lowest BCUT2D eigenvalue weighted by Crippen LogP contribution is -2.48. The molecule has 0 atom stereocenters. The Bertz CT molecular complexity index is 350. The number of hydrogen-bond acceptors (Lipinski definition) is 4. The molecular formula is C9H13BrN4O. The number of anilines is 1. The number of amides is 1. The number of nitrogens with one attached hydrogen (secondary N) is 2. The minimum Gasteiger partial charge on any atom is -0.308 e. The Labute approximate surface area is 96.8 Å². The fourth-order valence-corrected chi connectivity index (χ4v) is 0.968. The van der Waals surface area contributed by atoms with Gasteiger partial charge in [-0.3, -0.25) is 4.79 Å². The lowest BCUT2D eigenvalue weighted by atomic mass is 10.1. The molecule has 1 rings (SSSR count). The van der Waals surface area contributed by atoms with Gasteiger partial charge < -0.3 is 10.6 Å². The Kier molecular flexibility index (Phi) is 3.76. The zero-order chi connectivity index (χ0) is 11.5. The molecule has 0 aliphatic rings. The summed E-state index contributed by atoms with van der Waals surface area (Å²) in [5.41, 5.74) is -0.630. The zero-order valence-electron chi connectivity index (χ0n) is 8.84. The molecule has 5 nitrogen and oxygen atoms in total. The highest BCUT2D eigenvalue weighted by atomic mass is 79.9. The molecule has 15 heavy (non-hydrogen) atoms. The van der Waals surface area contributed by atoms with Crippen molar-refractivity contribution < 1.29 is 4.79 Å². The molecule has 0 aromatic carbocycles. The molecule has 6 heteroatoms. The summed E-state index contributed by atoms with van der Waals surface area (Å²) in [5, 5.41) is 5.57. The van der Waals surface area contributed by atoms with Crippen LogP contribution in [0.25, 0.3) is 0 Å². The standard InChI is InChI=1S/C9H13BrN4O/c1-9(2,11-3)8(15)14-7-5-12-6(10)4-13-7/h4-5,11H,1-3H3,(H,13,14,15). The summed E-state index contributed by atoms with van der Waals surface area (Å²) in [6, 6.07) is 0. The highest BCUT2D eigenvalue weighted by molar-refractivity contribution is 9.10. The quantitative estimate of drug-likeness (QED) is 0.867. The summed E-state index contributed by atoms with van der Waals surface area (Å²) in [5.74, 6) is 0.285. The van der Waals surface area contributed by atoms with Gasteiger partial charge in [0.05, 0.1) is 17.9 Å². The fourth-order valence-electron chi connectivity index (χ4n) is 0.763. The van der Waals surface area contributed by atoms with Crippen molar-refractivity contribution in [3.63, 3.8) is 0 Å². The monoisotopic (exact) mass is 272 g/mol. The lowest BCUT2D eigenvalue weighted by molar-refractivity contribution is -0.121. The van der Waals surface area contributed by atoms with Gasteiger partial charge in [-0.2, -0.15) is 0 Å². The first-order valence-corrected chi connectivity index (χ1v) is 5.23. The molecule has 0 spiro atoms. The number of likely N-dealkylation sites (N-methyl/N-ethyl adjacent to an activating group) is 1. The Morgan fingerprint density at radius 1 is 1.40 bits per heavy atom. The number of carbonyl (C=O) groups is 1. The summed E-state index contributed by atoms with van der Waals surface area (Å²) in [7, 11) is 1.73. The van der Waals surface area contributed by atoms with Crippen LogP contribution >= 0.6 is 15.9 Å². The van der Waals surface area contributed by atoms with Gasteiger partial charge in [0.1, 0.15) is 4.60 Å². The number of hydrogen-bond donors (Lipinski definition) is 2. The molecule has 0 unspecified atom stereocenters. The van der Waals surface area contributed by atoms with Crippen molar-refractivity contribution in [2.45, 2.75) is 19.4 Å². The molecule has 0 saturated carbocycles. The topological polar surface area (TPSA) is 66.9 Å². The molecule has 0 fully saturated rings. The van der Waals surface area contributed by atoms with Crippen LogP contribution < -0.4 is 10.6 Å². The second kappa shape index (κ2) is 4.67. The van der Waals surface area contributed by atoms with E-state index in [1.54, 1.807) is 20.9 Å². The summed E-state index contributed by atoms with van der Waals surface area (Å²) in [6.45, 7) is 3.57. The average molecular weight is 273 g/mol. The molecule has 0 aliphatic heterocycles. The third kappa shape index (κ3) is 3.24. The van der Waals surface area contributed by atoms with Gasteiger partial charge in [-0.25, -0.2) is 9.97 Å². The fraction of sp³-hybridized carbons (Fsp3) is 0.444. The maximum Gasteiger partial charge on any atom is 0.245 e. The lowest BCUT2D eigenvalue weighted by Gasteiger charge is -2.22. The van der Waals surface area contributed by atoms with Gasteiger partial charge in [0.2, 0.25) is 5.91 Å². The van der Waals surface area contributed by atoms with Crippen LogP contribution in [-0.4, -0.2) is 28.5 Å². The number of rotatable bonds is 3. The zero-order valence-corrected chi connectivity index (χ0v) is 10.4. The van der Waals surface area contributed by atoms with Gasteiger partial charge >= 0.3 is 0 Å². The Morgan fingerprint density at radius 3 is 2.53 bits per heavy atom. The van der Waals surface area contributed by atoms with E-state index >= 15 is 0 Å². The largest absolute Gasteiger partial charge is 0.308 e. The van der Waals surface area contributed by atoms with Crippen LogP contribution in [0.2, 0.25) is 0 Å². The van der Waals surface area contributed by atoms with Crippen molar-refractivity contribution in [3.05, 3.63) is 17.0 Å². The van der Waals surface area contributed by atoms with E-state index in [0.717, 1.165) is 0 Å². The molecule has 1 amide bonds. The van der Waals surface area contributed by atoms with E-state index in [0.29, 0.717) is 10.4 Å². The summed E-state index contributed by atoms with van der Waals surface area (Å²) in [6.07, 6.45) is 3.02. The summed E-state index contributed by atoms with van der Waals surface area (Å²) >= 11 is 3.17. The van der Waals surface area contributed by atoms with E-state index in [2.05, 4.69) is 36.5 Å². The van der Waals surface area contributed by atoms with Crippen molar-refractivity contribution in [2.24, 2.45) is 0 Å². The summed E-state index contributed by atoms with van der Waals surface area (Å²) < 4.78 is 0.633. The first-order chi connectivity index (χ1) is 6.95. The van der Waals surface area contributed by atoms with E-state index < -0.39 is 5.54 Å². The smallest absolute Gasteiger partial charge is 0.245 e. The molecule has 0 bridgehead atoms. The van der Waals surface area contributed by atoms with Gasteiger partial charge in [0.25, 0.3) is 0 Å². The molecular weight excluding hydrogens is 260 g/mol. The minimum atomic E-state index is -0.630. The average Bonchev–Trinajstić information content (AvgIpc) is 2.21. The first kappa shape index (κ1) is 12.1. The van der Waals surface area contributed by atoms with Crippen LogP contribution in [0.5, 0.6) is 0 Å². The van der Waals surface area contributed by atoms with E-state index in [9.17, 15) is 4.79 Å². The molecule has 0 radical (unpaired) electrons. The third-order valence-electron chi connectivity index (χ3n) is 2.05. The van der Waals surface area contributed by atoms with E-state index in [-0.39, 0.29) is 5.91 Å². The van der Waals surface area contributed by atoms with Crippen molar-refractivity contribution in [2.75, 3.05) is 12.4 Å². The molecule has 1 heterocycles. The Morgan fingerprint density at radius 2 is 2.07 bits per heavy atom. The molecule has 1 aromatic rings. The van der Waals surface area contributed by atoms with Crippen LogP contribution in [-0.2, 0) is 4.79 Å². The highest BCUT2D eigenvalue weighted by Gasteiger charge is 2.25. The van der Waals surface area contributed by atoms with Crippen molar-refractivity contribution in [3.8, 4) is 0 Å². The van der Waals surface area contributed by atoms with Gasteiger partial charge in [0.15, 0.2) is 5.82 Å². The molecule has 82 valence electrons. The van der Waals surface area contributed by atoms with Gasteiger partial charge in [-0.05, 0) is 36.8 Å². The predicted molar refractivity (Wildman–Crippen MR) is 61.5 cm³/mol. The number of carbonyl (C=O) groups excluding carboxylic acids is 1. The highest BCUT2D eigenvalue weighted by Crippen LogP contribution is 2.09. The van der Waals surface area contributed by atoms with Gasteiger partial charge in [0, 0.05) is 0 Å². The van der Waals surface area contributed by atoms with E-state index in [1.165, 1.54) is 12.4 Å². The Balaban J connectivity index is 2.71. The number of aromatic nitrogens is 2. The normalized spacial score (nSPS) is 11.2. The molecule has 0 aliphatic carbocycles. The van der Waals surface area contributed by atoms with Crippen LogP contribution in [0, 0.1) is 0 Å². The van der Waals surface area contributed by atoms with Gasteiger partial charge in [-0.1, -0.05) is 0 Å². The molecule has 1 aromatic heterocycles. The summed E-state index contributed by atoms with van der Waals surface area (Å²) in [4.78, 5) is 19.7. The van der Waals surface area contributed by atoms with Crippen molar-refractivity contribution in [1.82, 2.24) is 15.3 Å². The van der Waals surface area contributed by atoms with Crippen LogP contribution in [0.15, 0.2) is 17.0 Å². The molecule has 2 N–H and O–H groups in total. The van der Waals surface area contributed by atoms with Crippen LogP contribution in [0.1, 0.15) is 13.8 Å². The van der Waals surface area contributed by atoms with Crippen molar-refractivity contribution >= 4 is 27.7 Å². The van der Waals surface area contributed by atoms with Crippen LogP contribution in [0.3, 0.4) is 0 Å². The minimum absolute atomic E-state index is 0.151. The third-order valence-corrected chi connectivity index (χ3v) is 2.46. The second-order valence-electron chi connectivity index (χ2n) is 3.55. The number of halogens is 1. The number of nitrogens with zero attached hydrogens (tertiary/aromatic N) is 2. The molecule has 0 saturated heterocycles. The second-order valence-corrected chi connectivity index (χ2v) is 4.37. The van der Waals surface area contributed by atoms with Crippen molar-refractivity contribution in [1.29, 1.82) is 0 Å². The van der Waals surface area contributed by atoms with Gasteiger partial charge in [-0.15, -0.1) is 0 Å². The SMILES string of the molecule is CNC(C)(C)C(=O)Nc1cnc(Br)cn1. The maximum atomic E-state index is 11.7.